The van der Waals surface area contributed by atoms with Gasteiger partial charge in [-0.25, -0.2) is 4.79 Å². The molecule has 0 radical (unpaired) electrons. The zero-order chi connectivity index (χ0) is 39.9. The molecule has 5 aliphatic rings. The SMILES string of the molecule is C[C@]12CC[C@@H]3c4ccc(OC(=O)N5CCC(N6CCCCCC6)CC5)cc4C[C@@H](CCCCCCCCC[S+]([O-])CCCC(F)(F)C(F)(F)F)[C@H]3[C@@H]1CC[C@@H]2O. The molecule has 0 aromatic heterocycles. The van der Waals surface area contributed by atoms with Crippen LogP contribution in [0.4, 0.5) is 26.7 Å². The fraction of sp³-hybridized carbons (Fsp3) is 0.841. The molecule has 3 aliphatic carbocycles. The molecular formula is C44H67F5N2O4S. The smallest absolute Gasteiger partial charge is 0.453 e. The first-order valence-electron chi connectivity index (χ1n) is 22.1. The number of likely N-dealkylation sites (tertiary alicyclic amines) is 2. The second kappa shape index (κ2) is 19.6. The molecule has 12 heteroatoms. The fourth-order valence-corrected chi connectivity index (χ4v) is 12.6. The van der Waals surface area contributed by atoms with Crippen LogP contribution in [-0.2, 0) is 17.6 Å². The summed E-state index contributed by atoms with van der Waals surface area (Å²) in [6.45, 7) is 6.17. The summed E-state index contributed by atoms with van der Waals surface area (Å²) in [5, 5.41) is 11.1. The lowest BCUT2D eigenvalue weighted by Crippen LogP contribution is -2.47. The van der Waals surface area contributed by atoms with E-state index in [2.05, 4.69) is 24.0 Å². The number of halogens is 5. The molecule has 56 heavy (non-hydrogen) atoms. The second-order valence-electron chi connectivity index (χ2n) is 18.2. The number of carbonyl (C=O) groups is 1. The summed E-state index contributed by atoms with van der Waals surface area (Å²) in [4.78, 5) is 17.9. The van der Waals surface area contributed by atoms with E-state index in [0.29, 0.717) is 47.6 Å². The Kier molecular flexibility index (Phi) is 15.4. The van der Waals surface area contributed by atoms with Gasteiger partial charge in [0.1, 0.15) is 17.3 Å². The number of hydrogen-bond donors (Lipinski definition) is 1. The number of aliphatic hydroxyl groups is 1. The number of benzene rings is 1. The van der Waals surface area contributed by atoms with Crippen molar-refractivity contribution in [1.29, 1.82) is 0 Å². The first-order chi connectivity index (χ1) is 26.8. The molecule has 1 aromatic rings. The summed E-state index contributed by atoms with van der Waals surface area (Å²) in [6, 6.07) is 6.95. The lowest BCUT2D eigenvalue weighted by Gasteiger charge is -2.53. The lowest BCUT2D eigenvalue weighted by molar-refractivity contribution is -0.284. The third-order valence-corrected chi connectivity index (χ3v) is 16.1. The zero-order valence-electron chi connectivity index (χ0n) is 33.7. The van der Waals surface area contributed by atoms with Crippen LogP contribution in [0.3, 0.4) is 0 Å². The zero-order valence-corrected chi connectivity index (χ0v) is 34.5. The molecule has 6 rings (SSSR count). The van der Waals surface area contributed by atoms with Crippen molar-refractivity contribution in [2.75, 3.05) is 37.7 Å². The van der Waals surface area contributed by atoms with E-state index in [1.54, 1.807) is 0 Å². The molecule has 1 aromatic carbocycles. The van der Waals surface area contributed by atoms with E-state index in [9.17, 15) is 36.4 Å². The fourth-order valence-electron chi connectivity index (χ4n) is 11.4. The topological polar surface area (TPSA) is 76.1 Å². The molecule has 2 saturated heterocycles. The van der Waals surface area contributed by atoms with Crippen molar-refractivity contribution in [3.63, 3.8) is 0 Å². The molecule has 4 fully saturated rings. The van der Waals surface area contributed by atoms with Crippen LogP contribution in [0, 0.1) is 23.2 Å². The Morgan fingerprint density at radius 3 is 2.23 bits per heavy atom. The Labute approximate surface area is 335 Å². The monoisotopic (exact) mass is 814 g/mol. The minimum absolute atomic E-state index is 0.0229. The molecule has 7 atom stereocenters. The third-order valence-electron chi connectivity index (χ3n) is 14.6. The third kappa shape index (κ3) is 10.8. The van der Waals surface area contributed by atoms with Gasteiger partial charge in [0.25, 0.3) is 0 Å². The standard InChI is InChI=1S/C44H67F5N2O4S/c1-42-23-19-37-36-16-15-35(55-41(53)51-26-20-34(21-27-51)50-24-10-6-7-11-25-50)31-33(36)30-32(40(37)38(42)17-18-39(42)52)14-9-5-3-2-4-8-12-28-56(54)29-13-22-43(45,46)44(47,48)49/h15-16,31-32,34,37-40,52H,2-14,17-30H2,1H3/t32-,37-,38+,39+,40-,42+,56?/m1/s1. The van der Waals surface area contributed by atoms with Crippen LogP contribution in [0.1, 0.15) is 152 Å². The Balaban J connectivity index is 0.960. The molecule has 1 amide bonds. The first-order valence-corrected chi connectivity index (χ1v) is 23.6. The number of fused-ring (bicyclic) bond motifs is 5. The molecule has 1 N–H and O–H groups in total. The van der Waals surface area contributed by atoms with E-state index in [1.807, 2.05) is 11.0 Å². The van der Waals surface area contributed by atoms with E-state index >= 15 is 0 Å². The molecule has 2 saturated carbocycles. The van der Waals surface area contributed by atoms with Crippen molar-refractivity contribution < 1.29 is 41.1 Å². The molecule has 2 aliphatic heterocycles. The van der Waals surface area contributed by atoms with Gasteiger partial charge in [-0.15, -0.1) is 0 Å². The average Bonchev–Trinajstić information content (AvgIpc) is 3.30. The maximum atomic E-state index is 13.4. The van der Waals surface area contributed by atoms with Gasteiger partial charge in [-0.05, 0) is 149 Å². The molecule has 6 nitrogen and oxygen atoms in total. The van der Waals surface area contributed by atoms with E-state index in [0.717, 1.165) is 103 Å². The molecule has 2 heterocycles. The number of unbranched alkanes of at least 4 members (excludes halogenated alkanes) is 6. The molecule has 0 bridgehead atoms. The Bertz CT molecular complexity index is 1400. The number of aliphatic hydroxyl groups excluding tert-OH is 1. The van der Waals surface area contributed by atoms with Crippen LogP contribution in [0.15, 0.2) is 18.2 Å². The number of nitrogens with zero attached hydrogens (tertiary/aromatic N) is 2. The van der Waals surface area contributed by atoms with Gasteiger partial charge in [0.05, 0.1) is 6.10 Å². The minimum atomic E-state index is -5.55. The summed E-state index contributed by atoms with van der Waals surface area (Å²) in [5.41, 5.74) is 2.70. The number of piperidine rings is 1. The van der Waals surface area contributed by atoms with Gasteiger partial charge >= 0.3 is 18.2 Å². The van der Waals surface area contributed by atoms with E-state index in [1.165, 1.54) is 49.9 Å². The van der Waals surface area contributed by atoms with E-state index in [-0.39, 0.29) is 23.4 Å². The van der Waals surface area contributed by atoms with Crippen LogP contribution in [-0.4, -0.2) is 87.5 Å². The van der Waals surface area contributed by atoms with Crippen molar-refractivity contribution in [2.45, 2.75) is 172 Å². The predicted molar refractivity (Wildman–Crippen MR) is 212 cm³/mol. The van der Waals surface area contributed by atoms with Crippen molar-refractivity contribution in [2.24, 2.45) is 23.2 Å². The van der Waals surface area contributed by atoms with E-state index < -0.39 is 36.1 Å². The van der Waals surface area contributed by atoms with Crippen molar-refractivity contribution in [3.8, 4) is 5.75 Å². The highest BCUT2D eigenvalue weighted by atomic mass is 32.2. The highest BCUT2D eigenvalue weighted by molar-refractivity contribution is 7.91. The van der Waals surface area contributed by atoms with Gasteiger partial charge in [0.2, 0.25) is 0 Å². The molecule has 0 spiro atoms. The van der Waals surface area contributed by atoms with Crippen LogP contribution in [0.25, 0.3) is 0 Å². The highest BCUT2D eigenvalue weighted by Gasteiger charge is 2.57. The van der Waals surface area contributed by atoms with Gasteiger partial charge in [0, 0.05) is 25.6 Å². The summed E-state index contributed by atoms with van der Waals surface area (Å²) in [5.74, 6) is -1.84. The number of ether oxygens (including phenoxy) is 1. The molecule has 318 valence electrons. The quantitative estimate of drug-likeness (QED) is 0.102. The number of rotatable bonds is 16. The van der Waals surface area contributed by atoms with Crippen LogP contribution >= 0.6 is 0 Å². The maximum Gasteiger partial charge on any atom is 0.453 e. The molecular weight excluding hydrogens is 748 g/mol. The Hall–Kier alpha value is -1.63. The highest BCUT2D eigenvalue weighted by Crippen LogP contribution is 2.63. The number of alkyl halides is 5. The predicted octanol–water partition coefficient (Wildman–Crippen LogP) is 10.8. The normalized spacial score (nSPS) is 29.6. The number of hydrogen-bond acceptors (Lipinski definition) is 5. The molecule has 1 unspecified atom stereocenters. The second-order valence-corrected chi connectivity index (χ2v) is 19.9. The summed E-state index contributed by atoms with van der Waals surface area (Å²) >= 11 is -1.37. The van der Waals surface area contributed by atoms with Crippen LogP contribution in [0.2, 0.25) is 0 Å². The summed E-state index contributed by atoms with van der Waals surface area (Å²) in [6.07, 6.45) is 12.6. The largest absolute Gasteiger partial charge is 0.616 e. The number of carbonyl (C=O) groups excluding carboxylic acids is 1. The van der Waals surface area contributed by atoms with Crippen molar-refractivity contribution in [3.05, 3.63) is 29.3 Å². The van der Waals surface area contributed by atoms with Crippen LogP contribution < -0.4 is 4.74 Å². The first kappa shape index (κ1) is 43.9. The van der Waals surface area contributed by atoms with Crippen molar-refractivity contribution >= 4 is 17.3 Å². The van der Waals surface area contributed by atoms with Gasteiger partial charge in [-0.1, -0.05) is 69.1 Å². The summed E-state index contributed by atoms with van der Waals surface area (Å²) in [7, 11) is 0. The Morgan fingerprint density at radius 1 is 0.875 bits per heavy atom. The van der Waals surface area contributed by atoms with Gasteiger partial charge < -0.3 is 24.2 Å². The number of amides is 1. The van der Waals surface area contributed by atoms with Gasteiger partial charge in [0.15, 0.2) is 0 Å². The van der Waals surface area contributed by atoms with Crippen molar-refractivity contribution in [1.82, 2.24) is 9.80 Å². The summed E-state index contributed by atoms with van der Waals surface area (Å²) < 4.78 is 81.4. The average molecular weight is 815 g/mol. The lowest BCUT2D eigenvalue weighted by atomic mass is 9.52. The Morgan fingerprint density at radius 2 is 1.54 bits per heavy atom. The van der Waals surface area contributed by atoms with Crippen LogP contribution in [0.5, 0.6) is 5.75 Å². The maximum absolute atomic E-state index is 13.4. The van der Waals surface area contributed by atoms with E-state index in [4.69, 9.17) is 4.74 Å². The van der Waals surface area contributed by atoms with Gasteiger partial charge in [-0.2, -0.15) is 22.0 Å². The minimum Gasteiger partial charge on any atom is -0.616 e. The van der Waals surface area contributed by atoms with Gasteiger partial charge in [-0.3, -0.25) is 0 Å².